The molecule has 2 rings (SSSR count). The normalized spacial score (nSPS) is 18.2. The number of aryl methyl sites for hydroxylation is 1. The van der Waals surface area contributed by atoms with Crippen molar-refractivity contribution in [3.05, 3.63) is 34.3 Å². The van der Waals surface area contributed by atoms with E-state index in [4.69, 9.17) is 11.6 Å². The zero-order valence-corrected chi connectivity index (χ0v) is 19.6. The van der Waals surface area contributed by atoms with E-state index in [-0.39, 0.29) is 0 Å². The molecule has 0 radical (unpaired) electrons. The fraction of sp³-hybridized carbons (Fsp3) is 0.769. The summed E-state index contributed by atoms with van der Waals surface area (Å²) in [5.74, 6) is 1.50. The van der Waals surface area contributed by atoms with Gasteiger partial charge in [0.15, 0.2) is 0 Å². The summed E-state index contributed by atoms with van der Waals surface area (Å²) in [6, 6.07) is 6.68. The fourth-order valence-corrected chi connectivity index (χ4v) is 5.13. The van der Waals surface area contributed by atoms with Gasteiger partial charge in [-0.25, -0.2) is 0 Å². The zero-order chi connectivity index (χ0) is 20.1. The molecule has 0 spiro atoms. The number of halogens is 1. The molecule has 0 bridgehead atoms. The van der Waals surface area contributed by atoms with Crippen LogP contribution in [0.4, 0.5) is 0 Å². The predicted molar refractivity (Wildman–Crippen MR) is 122 cm³/mol. The second kappa shape index (κ2) is 9.82. The largest absolute Gasteiger partial charge is 0.0840 e. The predicted octanol–water partition coefficient (Wildman–Crippen LogP) is 9.20. The molecule has 0 aliphatic heterocycles. The van der Waals surface area contributed by atoms with Gasteiger partial charge < -0.3 is 0 Å². The van der Waals surface area contributed by atoms with Crippen LogP contribution in [0.1, 0.15) is 116 Å². The Morgan fingerprint density at radius 1 is 1.04 bits per heavy atom. The molecule has 1 aliphatic rings. The molecule has 0 aromatic heterocycles. The maximum Gasteiger partial charge on any atom is 0.0440 e. The summed E-state index contributed by atoms with van der Waals surface area (Å²) in [7, 11) is 0. The third kappa shape index (κ3) is 6.52. The Bertz CT molecular complexity index is 580. The Morgan fingerprint density at radius 2 is 1.70 bits per heavy atom. The van der Waals surface area contributed by atoms with Crippen LogP contribution in [0.2, 0.25) is 5.02 Å². The lowest BCUT2D eigenvalue weighted by Gasteiger charge is -2.37. The van der Waals surface area contributed by atoms with Gasteiger partial charge in [0.25, 0.3) is 0 Å². The van der Waals surface area contributed by atoms with Gasteiger partial charge in [0, 0.05) is 5.02 Å². The van der Waals surface area contributed by atoms with E-state index in [1.54, 1.807) is 0 Å². The van der Waals surface area contributed by atoms with Crippen molar-refractivity contribution in [1.82, 2.24) is 0 Å². The Balaban J connectivity index is 1.86. The van der Waals surface area contributed by atoms with Crippen LogP contribution in [-0.4, -0.2) is 0 Å². The fourth-order valence-electron chi connectivity index (χ4n) is 4.84. The Morgan fingerprint density at radius 3 is 2.26 bits per heavy atom. The van der Waals surface area contributed by atoms with E-state index in [1.807, 2.05) is 0 Å². The molecule has 1 heteroatoms. The number of rotatable bonds is 10. The molecule has 0 heterocycles. The average molecular weight is 391 g/mol. The van der Waals surface area contributed by atoms with Crippen molar-refractivity contribution in [2.75, 3.05) is 0 Å². The minimum Gasteiger partial charge on any atom is -0.0840 e. The smallest absolute Gasteiger partial charge is 0.0440 e. The van der Waals surface area contributed by atoms with Gasteiger partial charge in [-0.2, -0.15) is 0 Å². The minimum absolute atomic E-state index is 0.472. The average Bonchev–Trinajstić information content (AvgIpc) is 3.17. The van der Waals surface area contributed by atoms with Crippen molar-refractivity contribution in [2.24, 2.45) is 16.7 Å². The third-order valence-corrected chi connectivity index (χ3v) is 8.01. The molecule has 27 heavy (non-hydrogen) atoms. The second-order valence-corrected chi connectivity index (χ2v) is 10.9. The van der Waals surface area contributed by atoms with Crippen molar-refractivity contribution in [1.29, 1.82) is 0 Å². The van der Waals surface area contributed by atoms with Crippen molar-refractivity contribution in [2.45, 2.75) is 112 Å². The lowest BCUT2D eigenvalue weighted by molar-refractivity contribution is 0.144. The van der Waals surface area contributed by atoms with E-state index in [0.717, 1.165) is 17.4 Å². The van der Waals surface area contributed by atoms with E-state index in [1.165, 1.54) is 68.9 Å². The van der Waals surface area contributed by atoms with Gasteiger partial charge in [-0.05, 0) is 84.8 Å². The Kier molecular flexibility index (Phi) is 8.29. The van der Waals surface area contributed by atoms with Crippen molar-refractivity contribution in [3.63, 3.8) is 0 Å². The topological polar surface area (TPSA) is 0 Å². The lowest BCUT2D eigenvalue weighted by Crippen LogP contribution is -2.25. The molecule has 0 amide bonds. The number of hydrogen-bond acceptors (Lipinski definition) is 0. The van der Waals surface area contributed by atoms with Crippen LogP contribution in [0.3, 0.4) is 0 Å². The maximum atomic E-state index is 6.55. The first-order chi connectivity index (χ1) is 12.7. The Hall–Kier alpha value is -0.490. The molecule has 1 unspecified atom stereocenters. The van der Waals surface area contributed by atoms with Crippen LogP contribution >= 0.6 is 11.6 Å². The molecule has 1 aromatic carbocycles. The first kappa shape index (κ1) is 22.8. The van der Waals surface area contributed by atoms with Crippen LogP contribution in [0.5, 0.6) is 0 Å². The van der Waals surface area contributed by atoms with E-state index in [0.29, 0.717) is 16.7 Å². The molecule has 0 nitrogen and oxygen atoms in total. The molecule has 1 fully saturated rings. The van der Waals surface area contributed by atoms with E-state index in [2.05, 4.69) is 59.7 Å². The maximum absolute atomic E-state index is 6.55. The highest BCUT2D eigenvalue weighted by Gasteiger charge is 2.33. The van der Waals surface area contributed by atoms with Crippen molar-refractivity contribution >= 4 is 11.6 Å². The minimum atomic E-state index is 0.472. The Labute approximate surface area is 174 Å². The molecule has 1 saturated carbocycles. The second-order valence-electron chi connectivity index (χ2n) is 10.5. The molecule has 1 atom stereocenters. The van der Waals surface area contributed by atoms with E-state index < -0.39 is 0 Å². The summed E-state index contributed by atoms with van der Waals surface area (Å²) >= 11 is 6.55. The number of hydrogen-bond donors (Lipinski definition) is 0. The molecule has 1 aromatic rings. The summed E-state index contributed by atoms with van der Waals surface area (Å²) < 4.78 is 0. The molecular weight excluding hydrogens is 348 g/mol. The monoisotopic (exact) mass is 390 g/mol. The lowest BCUT2D eigenvalue weighted by atomic mass is 9.69. The van der Waals surface area contributed by atoms with Gasteiger partial charge in [0.1, 0.15) is 0 Å². The third-order valence-electron chi connectivity index (χ3n) is 7.66. The van der Waals surface area contributed by atoms with Gasteiger partial charge in [0.05, 0.1) is 0 Å². The van der Waals surface area contributed by atoms with Gasteiger partial charge in [0.2, 0.25) is 0 Å². The molecule has 0 saturated heterocycles. The van der Waals surface area contributed by atoms with Gasteiger partial charge in [-0.3, -0.25) is 0 Å². The highest BCUT2D eigenvalue weighted by molar-refractivity contribution is 6.31. The summed E-state index contributed by atoms with van der Waals surface area (Å²) in [4.78, 5) is 0. The summed E-state index contributed by atoms with van der Waals surface area (Å²) in [5.41, 5.74) is 3.66. The highest BCUT2D eigenvalue weighted by Crippen LogP contribution is 2.46. The first-order valence-electron chi connectivity index (χ1n) is 11.5. The van der Waals surface area contributed by atoms with Gasteiger partial charge >= 0.3 is 0 Å². The molecule has 1 aliphatic carbocycles. The molecule has 154 valence electrons. The highest BCUT2D eigenvalue weighted by atomic mass is 35.5. The summed E-state index contributed by atoms with van der Waals surface area (Å²) in [6.45, 7) is 14.4. The van der Waals surface area contributed by atoms with Crippen LogP contribution < -0.4 is 0 Å². The molecule has 0 N–H and O–H groups in total. The van der Waals surface area contributed by atoms with Crippen LogP contribution in [0.15, 0.2) is 18.2 Å². The summed E-state index contributed by atoms with van der Waals surface area (Å²) in [6.07, 6.45) is 13.5. The van der Waals surface area contributed by atoms with Crippen LogP contribution in [0, 0.1) is 16.7 Å². The van der Waals surface area contributed by atoms with Crippen molar-refractivity contribution < 1.29 is 0 Å². The SMILES string of the molecule is CCC(C)(CCCc1ccc(C(C)C)cc1Cl)CCC(C)(C)C1CCCC1. The number of benzene rings is 1. The zero-order valence-electron chi connectivity index (χ0n) is 18.8. The van der Waals surface area contributed by atoms with E-state index in [9.17, 15) is 0 Å². The van der Waals surface area contributed by atoms with Crippen molar-refractivity contribution in [3.8, 4) is 0 Å². The standard InChI is InChI=1S/C26H43Cl/c1-7-26(6,18-17-25(4,5)23-12-8-9-13-23)16-10-11-21-14-15-22(20(2)3)19-24(21)27/h14-15,19-20,23H,7-13,16-18H2,1-6H3. The van der Waals surface area contributed by atoms with Crippen LogP contribution in [-0.2, 0) is 6.42 Å². The molecular formula is C26H43Cl. The van der Waals surface area contributed by atoms with Crippen LogP contribution in [0.25, 0.3) is 0 Å². The summed E-state index contributed by atoms with van der Waals surface area (Å²) in [5, 5.41) is 0.960. The first-order valence-corrected chi connectivity index (χ1v) is 11.8. The van der Waals surface area contributed by atoms with Gasteiger partial charge in [-0.15, -0.1) is 0 Å². The van der Waals surface area contributed by atoms with Gasteiger partial charge in [-0.1, -0.05) is 84.5 Å². The quantitative estimate of drug-likeness (QED) is 0.373. The van der Waals surface area contributed by atoms with E-state index >= 15 is 0 Å².